The quantitative estimate of drug-likeness (QED) is 0.390. The number of nitrogens with zero attached hydrogens (tertiary/aromatic N) is 2. The Kier molecular flexibility index (Phi) is 4.33. The molecule has 5 aromatic rings. The first-order valence-corrected chi connectivity index (χ1v) is 11.6. The highest BCUT2D eigenvalue weighted by molar-refractivity contribution is 7.91. The van der Waals surface area contributed by atoms with Gasteiger partial charge in [-0.2, -0.15) is 11.3 Å². The Morgan fingerprint density at radius 2 is 1.87 bits per heavy atom. The van der Waals surface area contributed by atoms with E-state index in [1.165, 1.54) is 35.6 Å². The molecule has 0 aliphatic rings. The Labute approximate surface area is 183 Å². The van der Waals surface area contributed by atoms with Crippen LogP contribution in [0.5, 0.6) is 0 Å². The number of benzene rings is 2. The van der Waals surface area contributed by atoms with Crippen LogP contribution in [0.25, 0.3) is 27.5 Å². The summed E-state index contributed by atoms with van der Waals surface area (Å²) in [5.41, 5.74) is -0.954. The van der Waals surface area contributed by atoms with Crippen LogP contribution in [-0.2, 0) is 9.84 Å². The largest absolute Gasteiger partial charge is 0.421 e. The molecule has 11 heteroatoms. The molecule has 0 aliphatic carbocycles. The number of hydrogen-bond donors (Lipinski definition) is 2. The molecule has 3 heterocycles. The molecule has 2 N–H and O–H groups in total. The number of sulfone groups is 1. The first-order valence-electron chi connectivity index (χ1n) is 8.84. The lowest BCUT2D eigenvalue weighted by Gasteiger charge is -2.10. The van der Waals surface area contributed by atoms with E-state index in [2.05, 4.69) is 4.98 Å². The summed E-state index contributed by atoms with van der Waals surface area (Å²) in [5, 5.41) is 13.9. The van der Waals surface area contributed by atoms with Crippen molar-refractivity contribution in [2.75, 3.05) is 0 Å². The van der Waals surface area contributed by atoms with Gasteiger partial charge in [0.1, 0.15) is 0 Å². The summed E-state index contributed by atoms with van der Waals surface area (Å²) < 4.78 is 28.7. The van der Waals surface area contributed by atoms with Crippen molar-refractivity contribution in [3.63, 3.8) is 0 Å². The van der Waals surface area contributed by atoms with Crippen LogP contribution in [0.3, 0.4) is 0 Å². The minimum absolute atomic E-state index is 0.0205. The number of fused-ring (bicyclic) bond motifs is 2. The maximum Gasteiger partial charge on any atom is 0.362 e. The van der Waals surface area contributed by atoms with Crippen LogP contribution in [0.2, 0.25) is 5.02 Å². The standard InChI is InChI=1S/C20H12ClN3O5S2/c21-14-3-4-16(18-17(14)19(25)24(27)20(26)22-18)31(28,29)13-2-1-11-5-7-23(15(11)9-13)12-6-8-30-10-12/h1-10,27H,(H,22,26). The maximum absolute atomic E-state index is 13.5. The summed E-state index contributed by atoms with van der Waals surface area (Å²) in [6.45, 7) is 0. The summed E-state index contributed by atoms with van der Waals surface area (Å²) in [6.07, 6.45) is 1.85. The van der Waals surface area contributed by atoms with Crippen molar-refractivity contribution in [3.05, 3.63) is 85.3 Å². The van der Waals surface area contributed by atoms with Crippen molar-refractivity contribution < 1.29 is 13.6 Å². The topological polar surface area (TPSA) is 114 Å². The number of rotatable bonds is 3. The SMILES string of the molecule is O=c1[nH]c2c(S(=O)(=O)c3ccc4ccn(-c5ccsc5)c4c3)ccc(Cl)c2c(=O)n1O. The number of halogens is 1. The van der Waals surface area contributed by atoms with Gasteiger partial charge in [-0.15, -0.1) is 0 Å². The van der Waals surface area contributed by atoms with Crippen molar-refractivity contribution in [1.82, 2.24) is 14.3 Å². The normalized spacial score (nSPS) is 12.0. The Balaban J connectivity index is 1.79. The lowest BCUT2D eigenvalue weighted by molar-refractivity contribution is 0.162. The zero-order valence-electron chi connectivity index (χ0n) is 15.4. The molecule has 0 amide bonds. The van der Waals surface area contributed by atoms with Gasteiger partial charge in [-0.05, 0) is 41.8 Å². The highest BCUT2D eigenvalue weighted by Gasteiger charge is 2.25. The molecule has 0 radical (unpaired) electrons. The van der Waals surface area contributed by atoms with Gasteiger partial charge in [-0.25, -0.2) is 13.2 Å². The molecule has 0 fully saturated rings. The first-order chi connectivity index (χ1) is 14.8. The predicted octanol–water partition coefficient (Wildman–Crippen LogP) is 3.42. The van der Waals surface area contributed by atoms with Gasteiger partial charge in [-0.1, -0.05) is 22.4 Å². The van der Waals surface area contributed by atoms with E-state index < -0.39 is 21.1 Å². The van der Waals surface area contributed by atoms with Crippen LogP contribution in [0.1, 0.15) is 0 Å². The molecule has 3 aromatic heterocycles. The van der Waals surface area contributed by atoms with Crippen molar-refractivity contribution >= 4 is 54.6 Å². The van der Waals surface area contributed by atoms with E-state index in [0.717, 1.165) is 11.1 Å². The molecule has 0 bridgehead atoms. The van der Waals surface area contributed by atoms with Crippen molar-refractivity contribution in [3.8, 4) is 5.69 Å². The fourth-order valence-electron chi connectivity index (χ4n) is 3.50. The summed E-state index contributed by atoms with van der Waals surface area (Å²) >= 11 is 7.57. The Morgan fingerprint density at radius 1 is 1.06 bits per heavy atom. The second-order valence-corrected chi connectivity index (χ2v) is 9.84. The molecule has 0 saturated carbocycles. The van der Waals surface area contributed by atoms with Gasteiger partial charge < -0.3 is 14.8 Å². The minimum Gasteiger partial charge on any atom is -0.421 e. The highest BCUT2D eigenvalue weighted by Crippen LogP contribution is 2.31. The Hall–Kier alpha value is -3.34. The van der Waals surface area contributed by atoms with E-state index in [1.54, 1.807) is 6.07 Å². The van der Waals surface area contributed by atoms with Gasteiger partial charge in [0.15, 0.2) is 0 Å². The molecule has 0 saturated heterocycles. The van der Waals surface area contributed by atoms with Crippen LogP contribution in [0, 0.1) is 0 Å². The molecular weight excluding hydrogens is 462 g/mol. The molecule has 0 aliphatic heterocycles. The van der Waals surface area contributed by atoms with Gasteiger partial charge in [-0.3, -0.25) is 4.79 Å². The van der Waals surface area contributed by atoms with E-state index in [0.29, 0.717) is 5.52 Å². The second-order valence-electron chi connectivity index (χ2n) is 6.73. The van der Waals surface area contributed by atoms with Gasteiger partial charge >= 0.3 is 5.69 Å². The summed E-state index contributed by atoms with van der Waals surface area (Å²) in [5.74, 6) is 0. The molecular formula is C20H12ClN3O5S2. The van der Waals surface area contributed by atoms with Crippen LogP contribution in [-0.4, -0.2) is 27.9 Å². The fraction of sp³-hybridized carbons (Fsp3) is 0. The van der Waals surface area contributed by atoms with Crippen LogP contribution in [0.4, 0.5) is 0 Å². The van der Waals surface area contributed by atoms with Gasteiger partial charge in [0, 0.05) is 17.0 Å². The fourth-order valence-corrected chi connectivity index (χ4v) is 5.80. The summed E-state index contributed by atoms with van der Waals surface area (Å²) in [6, 6.07) is 10.9. The van der Waals surface area contributed by atoms with Crippen molar-refractivity contribution in [2.24, 2.45) is 0 Å². The number of nitrogens with one attached hydrogen (secondary N) is 1. The van der Waals surface area contributed by atoms with Gasteiger partial charge in [0.25, 0.3) is 5.56 Å². The van der Waals surface area contributed by atoms with E-state index in [1.807, 2.05) is 33.7 Å². The molecule has 31 heavy (non-hydrogen) atoms. The summed E-state index contributed by atoms with van der Waals surface area (Å²) in [7, 11) is -4.15. The van der Waals surface area contributed by atoms with Crippen LogP contribution >= 0.6 is 22.9 Å². The molecule has 5 rings (SSSR count). The molecule has 0 unspecified atom stereocenters. The average Bonchev–Trinajstić information content (AvgIpc) is 3.40. The molecule has 156 valence electrons. The number of H-pyrrole nitrogens is 1. The zero-order chi connectivity index (χ0) is 21.9. The monoisotopic (exact) mass is 473 g/mol. The van der Waals surface area contributed by atoms with Gasteiger partial charge in [0.05, 0.1) is 36.9 Å². The molecule has 0 spiro atoms. The van der Waals surface area contributed by atoms with E-state index >= 15 is 0 Å². The Bertz CT molecular complexity index is 1710. The van der Waals surface area contributed by atoms with Gasteiger partial charge in [0.2, 0.25) is 9.84 Å². The zero-order valence-corrected chi connectivity index (χ0v) is 17.8. The third-order valence-electron chi connectivity index (χ3n) is 5.00. The molecule has 2 aromatic carbocycles. The minimum atomic E-state index is -4.15. The number of aromatic nitrogens is 3. The number of thiophene rings is 1. The predicted molar refractivity (Wildman–Crippen MR) is 118 cm³/mol. The average molecular weight is 474 g/mol. The van der Waals surface area contributed by atoms with Crippen molar-refractivity contribution in [2.45, 2.75) is 9.79 Å². The lowest BCUT2D eigenvalue weighted by atomic mass is 10.2. The third kappa shape index (κ3) is 2.91. The number of aromatic amines is 1. The van der Waals surface area contributed by atoms with E-state index in [4.69, 9.17) is 11.6 Å². The lowest BCUT2D eigenvalue weighted by Crippen LogP contribution is -2.33. The highest BCUT2D eigenvalue weighted by atomic mass is 35.5. The maximum atomic E-state index is 13.5. The van der Waals surface area contributed by atoms with Crippen molar-refractivity contribution in [1.29, 1.82) is 0 Å². The first kappa shape index (κ1) is 19.6. The van der Waals surface area contributed by atoms with Crippen LogP contribution < -0.4 is 11.2 Å². The molecule has 8 nitrogen and oxygen atoms in total. The summed E-state index contributed by atoms with van der Waals surface area (Å²) in [4.78, 5) is 26.2. The van der Waals surface area contributed by atoms with E-state index in [-0.39, 0.29) is 30.4 Å². The second kappa shape index (κ2) is 6.84. The van der Waals surface area contributed by atoms with E-state index in [9.17, 15) is 23.2 Å². The smallest absolute Gasteiger partial charge is 0.362 e. The Morgan fingerprint density at radius 3 is 2.61 bits per heavy atom. The number of hydrogen-bond acceptors (Lipinski definition) is 6. The van der Waals surface area contributed by atoms with Crippen LogP contribution in [0.15, 0.2) is 78.8 Å². The third-order valence-corrected chi connectivity index (χ3v) is 7.78. The molecule has 0 atom stereocenters.